The second-order valence-electron chi connectivity index (χ2n) is 2.81. The molecule has 0 radical (unpaired) electrons. The zero-order chi connectivity index (χ0) is 8.27. The molecule has 1 N–H and O–H groups in total. The van der Waals surface area contributed by atoms with Gasteiger partial charge in [0.15, 0.2) is 0 Å². The van der Waals surface area contributed by atoms with Gasteiger partial charge >= 0.3 is 6.09 Å². The van der Waals surface area contributed by atoms with E-state index in [1.807, 2.05) is 7.05 Å². The Morgan fingerprint density at radius 2 is 2.55 bits per heavy atom. The Morgan fingerprint density at radius 3 is 3.09 bits per heavy atom. The van der Waals surface area contributed by atoms with Crippen molar-refractivity contribution in [1.82, 2.24) is 10.4 Å². The number of likely N-dealkylation sites (N-methyl/N-ethyl adjacent to an activating group) is 1. The number of nitrogens with one attached hydrogen (secondary N) is 1. The Kier molecular flexibility index (Phi) is 2.70. The fourth-order valence-electron chi connectivity index (χ4n) is 1.19. The van der Waals surface area contributed by atoms with Gasteiger partial charge in [0.25, 0.3) is 0 Å². The number of carbonyl (C=O) groups excluding carboxylic acids is 1. The number of ether oxygens (including phenoxy) is 1. The average Bonchev–Trinajstić information content (AvgIpc) is 1.85. The average molecular weight is 158 g/mol. The van der Waals surface area contributed by atoms with Gasteiger partial charge in [0.2, 0.25) is 0 Å². The summed E-state index contributed by atoms with van der Waals surface area (Å²) in [6.45, 7) is 2.86. The molecule has 1 heterocycles. The Morgan fingerprint density at radius 1 is 1.82 bits per heavy atom. The smallest absolute Gasteiger partial charge is 0.422 e. The molecule has 0 aliphatic carbocycles. The van der Waals surface area contributed by atoms with E-state index in [0.717, 1.165) is 19.4 Å². The fraction of sp³-hybridized carbons (Fsp3) is 0.857. The van der Waals surface area contributed by atoms with Gasteiger partial charge in [0.1, 0.15) is 6.10 Å². The van der Waals surface area contributed by atoms with E-state index in [2.05, 4.69) is 12.3 Å². The molecule has 0 aromatic carbocycles. The van der Waals surface area contributed by atoms with Crippen LogP contribution in [0.1, 0.15) is 19.8 Å². The van der Waals surface area contributed by atoms with Crippen molar-refractivity contribution < 1.29 is 9.53 Å². The Hall–Kier alpha value is -0.770. The fourth-order valence-corrected chi connectivity index (χ4v) is 1.19. The predicted octanol–water partition coefficient (Wildman–Crippen LogP) is 0.742. The van der Waals surface area contributed by atoms with Gasteiger partial charge in [-0.15, -0.1) is 0 Å². The van der Waals surface area contributed by atoms with Crippen LogP contribution in [0.25, 0.3) is 0 Å². The van der Waals surface area contributed by atoms with E-state index in [1.54, 1.807) is 5.01 Å². The van der Waals surface area contributed by atoms with Gasteiger partial charge in [-0.25, -0.2) is 9.80 Å². The second-order valence-corrected chi connectivity index (χ2v) is 2.81. The molecule has 0 bridgehead atoms. The number of cyclic esters (lactones) is 1. The second kappa shape index (κ2) is 3.57. The summed E-state index contributed by atoms with van der Waals surface area (Å²) < 4.78 is 5.01. The van der Waals surface area contributed by atoms with Crippen molar-refractivity contribution in [1.29, 1.82) is 0 Å². The molecule has 0 spiro atoms. The summed E-state index contributed by atoms with van der Waals surface area (Å²) in [5, 5.41) is 1.76. The van der Waals surface area contributed by atoms with Crippen LogP contribution < -0.4 is 5.43 Å². The van der Waals surface area contributed by atoms with Gasteiger partial charge in [0.05, 0.1) is 6.54 Å². The summed E-state index contributed by atoms with van der Waals surface area (Å²) in [7, 11) is 1.84. The van der Waals surface area contributed by atoms with Crippen molar-refractivity contribution in [2.75, 3.05) is 13.6 Å². The lowest BCUT2D eigenvalue weighted by molar-refractivity contribution is 0.0101. The molecule has 1 aliphatic rings. The number of amides is 1. The molecule has 64 valence electrons. The highest BCUT2D eigenvalue weighted by Gasteiger charge is 2.22. The monoisotopic (exact) mass is 158 g/mol. The van der Waals surface area contributed by atoms with Gasteiger partial charge in [-0.05, 0) is 6.42 Å². The van der Waals surface area contributed by atoms with Crippen LogP contribution in [-0.2, 0) is 4.74 Å². The van der Waals surface area contributed by atoms with Gasteiger partial charge in [-0.1, -0.05) is 13.3 Å². The third-order valence-electron chi connectivity index (χ3n) is 1.64. The summed E-state index contributed by atoms with van der Waals surface area (Å²) in [6, 6.07) is 0. The van der Waals surface area contributed by atoms with Crippen LogP contribution in [-0.4, -0.2) is 30.8 Å². The number of carbonyl (C=O) groups is 1. The van der Waals surface area contributed by atoms with E-state index in [-0.39, 0.29) is 12.2 Å². The van der Waals surface area contributed by atoms with E-state index in [9.17, 15) is 4.79 Å². The molecule has 0 aromatic rings. The van der Waals surface area contributed by atoms with Crippen molar-refractivity contribution in [2.24, 2.45) is 0 Å². The molecule has 1 atom stereocenters. The summed E-state index contributed by atoms with van der Waals surface area (Å²) >= 11 is 0. The predicted molar refractivity (Wildman–Crippen MR) is 40.9 cm³/mol. The van der Waals surface area contributed by atoms with Crippen molar-refractivity contribution in [3.63, 3.8) is 0 Å². The summed E-state index contributed by atoms with van der Waals surface area (Å²) in [4.78, 5) is 10.8. The molecule has 0 saturated carbocycles. The Balaban J connectivity index is 2.36. The van der Waals surface area contributed by atoms with E-state index in [1.165, 1.54) is 0 Å². The van der Waals surface area contributed by atoms with E-state index in [4.69, 9.17) is 4.74 Å². The van der Waals surface area contributed by atoms with Crippen LogP contribution >= 0.6 is 0 Å². The van der Waals surface area contributed by atoms with Crippen molar-refractivity contribution in [2.45, 2.75) is 25.9 Å². The highest BCUT2D eigenvalue weighted by Crippen LogP contribution is 2.07. The molecule has 1 saturated heterocycles. The topological polar surface area (TPSA) is 41.6 Å². The van der Waals surface area contributed by atoms with E-state index in [0.29, 0.717) is 0 Å². The number of hydrogen-bond acceptors (Lipinski definition) is 3. The molecule has 4 nitrogen and oxygen atoms in total. The van der Waals surface area contributed by atoms with Crippen molar-refractivity contribution >= 4 is 6.09 Å². The molecule has 1 aliphatic heterocycles. The highest BCUT2D eigenvalue weighted by atomic mass is 16.6. The lowest BCUT2D eigenvalue weighted by Crippen LogP contribution is -2.51. The SMILES string of the molecule is CCCC1CN(C)NC(=O)O1. The molecule has 1 unspecified atom stereocenters. The molecule has 4 heteroatoms. The van der Waals surface area contributed by atoms with Crippen LogP contribution in [0.4, 0.5) is 4.79 Å². The lowest BCUT2D eigenvalue weighted by atomic mass is 10.2. The first-order chi connectivity index (χ1) is 5.22. The van der Waals surface area contributed by atoms with Gasteiger partial charge < -0.3 is 4.74 Å². The molecular formula is C7H14N2O2. The molecule has 1 rings (SSSR count). The molecule has 11 heavy (non-hydrogen) atoms. The van der Waals surface area contributed by atoms with Crippen LogP contribution in [0.15, 0.2) is 0 Å². The largest absolute Gasteiger partial charge is 0.444 e. The van der Waals surface area contributed by atoms with E-state index >= 15 is 0 Å². The summed E-state index contributed by atoms with van der Waals surface area (Å²) in [5.41, 5.74) is 2.54. The maximum Gasteiger partial charge on any atom is 0.422 e. The first-order valence-corrected chi connectivity index (χ1v) is 3.90. The Labute approximate surface area is 66.5 Å². The number of rotatable bonds is 2. The van der Waals surface area contributed by atoms with Crippen LogP contribution in [0.5, 0.6) is 0 Å². The molecule has 1 amide bonds. The third-order valence-corrected chi connectivity index (χ3v) is 1.64. The van der Waals surface area contributed by atoms with E-state index < -0.39 is 0 Å². The maximum atomic E-state index is 10.8. The first-order valence-electron chi connectivity index (χ1n) is 3.90. The Bertz CT molecular complexity index is 149. The standard InChI is InChI=1S/C7H14N2O2/c1-3-4-6-5-9(2)8-7(10)11-6/h6H,3-5H2,1-2H3,(H,8,10). The maximum absolute atomic E-state index is 10.8. The molecule has 1 fully saturated rings. The number of hydrazine groups is 1. The highest BCUT2D eigenvalue weighted by molar-refractivity contribution is 5.67. The third kappa shape index (κ3) is 2.38. The van der Waals surface area contributed by atoms with Crippen LogP contribution in [0, 0.1) is 0 Å². The van der Waals surface area contributed by atoms with Crippen molar-refractivity contribution in [3.8, 4) is 0 Å². The normalized spacial score (nSPS) is 26.0. The minimum Gasteiger partial charge on any atom is -0.444 e. The van der Waals surface area contributed by atoms with Crippen LogP contribution in [0.2, 0.25) is 0 Å². The zero-order valence-corrected chi connectivity index (χ0v) is 6.96. The minimum absolute atomic E-state index is 0.0683. The first kappa shape index (κ1) is 8.33. The summed E-state index contributed by atoms with van der Waals surface area (Å²) in [6.07, 6.45) is 1.72. The molecular weight excluding hydrogens is 144 g/mol. The number of hydrogen-bond donors (Lipinski definition) is 1. The van der Waals surface area contributed by atoms with Crippen molar-refractivity contribution in [3.05, 3.63) is 0 Å². The summed E-state index contributed by atoms with van der Waals surface area (Å²) in [5.74, 6) is 0. The lowest BCUT2D eigenvalue weighted by Gasteiger charge is -2.29. The van der Waals surface area contributed by atoms with Gasteiger partial charge in [-0.2, -0.15) is 0 Å². The zero-order valence-electron chi connectivity index (χ0n) is 6.96. The van der Waals surface area contributed by atoms with Gasteiger partial charge in [-0.3, -0.25) is 5.43 Å². The van der Waals surface area contributed by atoms with Gasteiger partial charge in [0, 0.05) is 7.05 Å². The molecule has 0 aromatic heterocycles. The number of nitrogens with zero attached hydrogens (tertiary/aromatic N) is 1. The minimum atomic E-state index is -0.336. The van der Waals surface area contributed by atoms with Crippen LogP contribution in [0.3, 0.4) is 0 Å². The quantitative estimate of drug-likeness (QED) is 0.644.